The van der Waals surface area contributed by atoms with Crippen LogP contribution in [-0.2, 0) is 14.8 Å². The van der Waals surface area contributed by atoms with E-state index >= 15 is 0 Å². The third kappa shape index (κ3) is 5.30. The molecule has 2 aromatic rings. The smallest absolute Gasteiger partial charge is 0.261 e. The minimum atomic E-state index is -3.71. The summed E-state index contributed by atoms with van der Waals surface area (Å²) in [6, 6.07) is 12.8. The Morgan fingerprint density at radius 2 is 1.84 bits per heavy atom. The van der Waals surface area contributed by atoms with Crippen LogP contribution < -0.4 is 10.0 Å². The van der Waals surface area contributed by atoms with Gasteiger partial charge in [0.25, 0.3) is 15.9 Å². The second-order valence-electron chi connectivity index (χ2n) is 5.83. The fourth-order valence-electron chi connectivity index (χ4n) is 2.25. The molecule has 7 heteroatoms. The van der Waals surface area contributed by atoms with Gasteiger partial charge in [-0.3, -0.25) is 9.52 Å². The molecule has 0 heterocycles. The van der Waals surface area contributed by atoms with E-state index in [0.717, 1.165) is 5.56 Å². The van der Waals surface area contributed by atoms with E-state index in [0.29, 0.717) is 17.9 Å². The monoisotopic (exact) mass is 362 g/mol. The highest BCUT2D eigenvalue weighted by Gasteiger charge is 2.15. The molecule has 2 N–H and O–H groups in total. The van der Waals surface area contributed by atoms with E-state index in [9.17, 15) is 13.2 Å². The first-order chi connectivity index (χ1) is 11.8. The highest BCUT2D eigenvalue weighted by Crippen LogP contribution is 2.18. The van der Waals surface area contributed by atoms with Gasteiger partial charge in [-0.25, -0.2) is 8.42 Å². The Labute approximate surface area is 148 Å². The third-order valence-electron chi connectivity index (χ3n) is 3.50. The van der Waals surface area contributed by atoms with Crippen LogP contribution in [0, 0.1) is 6.92 Å². The van der Waals surface area contributed by atoms with Gasteiger partial charge in [-0.05, 0) is 44.2 Å². The van der Waals surface area contributed by atoms with Gasteiger partial charge in [-0.1, -0.05) is 23.8 Å². The number of aryl methyl sites for hydroxylation is 1. The minimum Gasteiger partial charge on any atom is -0.383 e. The number of carbonyl (C=O) groups is 1. The fraction of sp³-hybridized carbons (Fsp3) is 0.278. The van der Waals surface area contributed by atoms with Crippen LogP contribution in [0.15, 0.2) is 53.4 Å². The molecular weight excluding hydrogens is 340 g/mol. The van der Waals surface area contributed by atoms with Gasteiger partial charge in [0.05, 0.1) is 11.5 Å². The average Bonchev–Trinajstić information content (AvgIpc) is 2.55. The normalized spacial score (nSPS) is 12.4. The maximum Gasteiger partial charge on any atom is 0.261 e. The summed E-state index contributed by atoms with van der Waals surface area (Å²) in [5.74, 6) is -0.291. The van der Waals surface area contributed by atoms with Crippen molar-refractivity contribution in [3.05, 3.63) is 59.7 Å². The molecular formula is C18H22N2O4S. The van der Waals surface area contributed by atoms with Crippen LogP contribution >= 0.6 is 0 Å². The molecule has 134 valence electrons. The third-order valence-corrected chi connectivity index (χ3v) is 4.90. The van der Waals surface area contributed by atoms with Crippen LogP contribution in [0.5, 0.6) is 0 Å². The van der Waals surface area contributed by atoms with E-state index in [2.05, 4.69) is 10.0 Å². The number of carbonyl (C=O) groups excluding carboxylic acids is 1. The molecule has 0 aliphatic heterocycles. The molecule has 0 radical (unpaired) electrons. The zero-order valence-electron chi connectivity index (χ0n) is 14.4. The van der Waals surface area contributed by atoms with Crippen molar-refractivity contribution in [1.82, 2.24) is 5.32 Å². The maximum atomic E-state index is 12.4. The van der Waals surface area contributed by atoms with Crippen LogP contribution in [0.3, 0.4) is 0 Å². The summed E-state index contributed by atoms with van der Waals surface area (Å²) in [6.07, 6.45) is 0. The Morgan fingerprint density at radius 3 is 2.48 bits per heavy atom. The number of anilines is 1. The highest BCUT2D eigenvalue weighted by molar-refractivity contribution is 7.92. The number of ether oxygens (including phenoxy) is 1. The number of amides is 1. The predicted octanol–water partition coefficient (Wildman–Crippen LogP) is 2.56. The quantitative estimate of drug-likeness (QED) is 0.793. The van der Waals surface area contributed by atoms with Crippen LogP contribution in [0.1, 0.15) is 22.8 Å². The van der Waals surface area contributed by atoms with Crippen LogP contribution in [0.2, 0.25) is 0 Å². The second kappa shape index (κ2) is 8.13. The lowest BCUT2D eigenvalue weighted by Gasteiger charge is -2.14. The van der Waals surface area contributed by atoms with Gasteiger partial charge in [-0.15, -0.1) is 0 Å². The number of nitrogens with one attached hydrogen (secondary N) is 2. The van der Waals surface area contributed by atoms with Crippen molar-refractivity contribution >= 4 is 21.6 Å². The van der Waals surface area contributed by atoms with Gasteiger partial charge < -0.3 is 10.1 Å². The first-order valence-corrected chi connectivity index (χ1v) is 9.29. The van der Waals surface area contributed by atoms with E-state index in [1.165, 1.54) is 6.07 Å². The molecule has 0 spiro atoms. The zero-order chi connectivity index (χ0) is 18.4. The molecule has 0 unspecified atom stereocenters. The molecule has 0 fully saturated rings. The van der Waals surface area contributed by atoms with E-state index < -0.39 is 10.0 Å². The lowest BCUT2D eigenvalue weighted by Crippen LogP contribution is -2.35. The van der Waals surface area contributed by atoms with Crippen molar-refractivity contribution in [2.45, 2.75) is 24.8 Å². The SMILES string of the molecule is COC[C@H](C)NC(=O)c1cccc(NS(=O)(=O)c2ccc(C)cc2)c1. The summed E-state index contributed by atoms with van der Waals surface area (Å²) in [5, 5.41) is 2.78. The molecule has 0 saturated carbocycles. The number of rotatable bonds is 7. The van der Waals surface area contributed by atoms with Gasteiger partial charge in [0.15, 0.2) is 0 Å². The lowest BCUT2D eigenvalue weighted by molar-refractivity contribution is 0.0905. The topological polar surface area (TPSA) is 84.5 Å². The Bertz CT molecular complexity index is 832. The maximum absolute atomic E-state index is 12.4. The molecule has 2 aromatic carbocycles. The summed E-state index contributed by atoms with van der Waals surface area (Å²) in [6.45, 7) is 4.10. The van der Waals surface area contributed by atoms with E-state index in [-0.39, 0.29) is 16.8 Å². The van der Waals surface area contributed by atoms with Crippen LogP contribution in [0.25, 0.3) is 0 Å². The molecule has 0 aliphatic carbocycles. The molecule has 0 bridgehead atoms. The minimum absolute atomic E-state index is 0.148. The van der Waals surface area contributed by atoms with Crippen molar-refractivity contribution < 1.29 is 17.9 Å². The Balaban J connectivity index is 2.15. The summed E-state index contributed by atoms with van der Waals surface area (Å²) in [5.41, 5.74) is 1.67. The van der Waals surface area contributed by atoms with E-state index in [4.69, 9.17) is 4.74 Å². The molecule has 1 amide bonds. The van der Waals surface area contributed by atoms with Gasteiger partial charge >= 0.3 is 0 Å². The molecule has 0 aromatic heterocycles. The van der Waals surface area contributed by atoms with Crippen LogP contribution in [0.4, 0.5) is 5.69 Å². The summed E-state index contributed by atoms with van der Waals surface area (Å²) in [4.78, 5) is 12.4. The van der Waals surface area contributed by atoms with Crippen molar-refractivity contribution in [2.75, 3.05) is 18.4 Å². The molecule has 25 heavy (non-hydrogen) atoms. The van der Waals surface area contributed by atoms with Gasteiger partial charge in [0.1, 0.15) is 0 Å². The number of hydrogen-bond acceptors (Lipinski definition) is 4. The summed E-state index contributed by atoms with van der Waals surface area (Å²) < 4.78 is 32.3. The van der Waals surface area contributed by atoms with Gasteiger partial charge in [0, 0.05) is 24.4 Å². The van der Waals surface area contributed by atoms with Crippen LogP contribution in [-0.4, -0.2) is 34.1 Å². The number of benzene rings is 2. The Morgan fingerprint density at radius 1 is 1.16 bits per heavy atom. The standard InChI is InChI=1S/C18H22N2O4S/c1-13-7-9-17(10-8-13)25(22,23)20-16-6-4-5-15(11-16)18(21)19-14(2)12-24-3/h4-11,14,20H,12H2,1-3H3,(H,19,21)/t14-/m0/s1. The predicted molar refractivity (Wildman–Crippen MR) is 97.2 cm³/mol. The van der Waals surface area contributed by atoms with E-state index in [1.807, 2.05) is 13.8 Å². The van der Waals surface area contributed by atoms with Gasteiger partial charge in [-0.2, -0.15) is 0 Å². The van der Waals surface area contributed by atoms with E-state index in [1.54, 1.807) is 49.6 Å². The fourth-order valence-corrected chi connectivity index (χ4v) is 3.30. The molecule has 2 rings (SSSR count). The first-order valence-electron chi connectivity index (χ1n) is 7.81. The number of sulfonamides is 1. The van der Waals surface area contributed by atoms with Crippen molar-refractivity contribution in [1.29, 1.82) is 0 Å². The average molecular weight is 362 g/mol. The second-order valence-corrected chi connectivity index (χ2v) is 7.51. The molecule has 6 nitrogen and oxygen atoms in total. The molecule has 0 saturated heterocycles. The first kappa shape index (κ1) is 19.0. The Kier molecular flexibility index (Phi) is 6.17. The number of methoxy groups -OCH3 is 1. The van der Waals surface area contributed by atoms with Crippen molar-refractivity contribution in [3.8, 4) is 0 Å². The molecule has 0 aliphatic rings. The molecule has 1 atom stereocenters. The summed E-state index contributed by atoms with van der Waals surface area (Å²) in [7, 11) is -2.15. The van der Waals surface area contributed by atoms with Crippen molar-refractivity contribution in [2.24, 2.45) is 0 Å². The highest BCUT2D eigenvalue weighted by atomic mass is 32.2. The summed E-state index contributed by atoms with van der Waals surface area (Å²) >= 11 is 0. The Hall–Kier alpha value is -2.38. The van der Waals surface area contributed by atoms with Gasteiger partial charge in [0.2, 0.25) is 0 Å². The largest absolute Gasteiger partial charge is 0.383 e. The number of hydrogen-bond donors (Lipinski definition) is 2. The van der Waals surface area contributed by atoms with Crippen molar-refractivity contribution in [3.63, 3.8) is 0 Å². The zero-order valence-corrected chi connectivity index (χ0v) is 15.3. The lowest BCUT2D eigenvalue weighted by atomic mass is 10.2.